The van der Waals surface area contributed by atoms with E-state index in [1.807, 2.05) is 0 Å². The van der Waals surface area contributed by atoms with Crippen molar-refractivity contribution in [1.82, 2.24) is 4.98 Å². The highest BCUT2D eigenvalue weighted by atomic mass is 32.1. The smallest absolute Gasteiger partial charge is 0.260 e. The summed E-state index contributed by atoms with van der Waals surface area (Å²) in [6.45, 7) is -0.400. The molecule has 2 heterocycles. The Kier molecular flexibility index (Phi) is 3.93. The van der Waals surface area contributed by atoms with Crippen molar-refractivity contribution in [3.05, 3.63) is 16.1 Å². The van der Waals surface area contributed by atoms with Gasteiger partial charge in [0.1, 0.15) is 28.2 Å². The molecule has 1 fully saturated rings. The van der Waals surface area contributed by atoms with Gasteiger partial charge in [0, 0.05) is 6.42 Å². The highest BCUT2D eigenvalue weighted by molar-refractivity contribution is 7.13. The van der Waals surface area contributed by atoms with E-state index in [4.69, 9.17) is 15.6 Å². The zero-order valence-corrected chi connectivity index (χ0v) is 10.2. The number of primary amides is 1. The second-order valence-electron chi connectivity index (χ2n) is 4.07. The van der Waals surface area contributed by atoms with E-state index >= 15 is 0 Å². The first-order valence-corrected chi connectivity index (χ1v) is 6.22. The summed E-state index contributed by atoms with van der Waals surface area (Å²) in [5.74, 6) is -0.575. The minimum atomic E-state index is -1.12. The van der Waals surface area contributed by atoms with Gasteiger partial charge in [-0.15, -0.1) is 11.3 Å². The molecule has 0 radical (unpaired) electrons. The van der Waals surface area contributed by atoms with Crippen molar-refractivity contribution >= 4 is 17.2 Å². The van der Waals surface area contributed by atoms with Gasteiger partial charge < -0.3 is 25.8 Å². The lowest BCUT2D eigenvalue weighted by molar-refractivity contribution is -0.181. The summed E-state index contributed by atoms with van der Waals surface area (Å²) < 4.78 is 5.43. The maximum Gasteiger partial charge on any atom is 0.260 e. The molecule has 1 saturated heterocycles. The highest BCUT2D eigenvalue weighted by Gasteiger charge is 2.38. The average Bonchev–Trinajstić information content (AvgIpc) is 2.82. The van der Waals surface area contributed by atoms with Gasteiger partial charge in [-0.05, 0) is 0 Å². The van der Waals surface area contributed by atoms with Gasteiger partial charge in [0.25, 0.3) is 5.91 Å². The third-order valence-electron chi connectivity index (χ3n) is 2.79. The Labute approximate surface area is 107 Å². The summed E-state index contributed by atoms with van der Waals surface area (Å²) in [6, 6.07) is 0. The minimum absolute atomic E-state index is 0.156. The van der Waals surface area contributed by atoms with Crippen LogP contribution in [-0.2, 0) is 4.74 Å². The molecule has 2 rings (SSSR count). The number of nitrogens with two attached hydrogens (primary N) is 1. The maximum atomic E-state index is 11.0. The normalized spacial score (nSPS) is 32.4. The molecule has 1 aliphatic heterocycles. The van der Waals surface area contributed by atoms with E-state index in [0.29, 0.717) is 9.88 Å². The molecule has 0 aromatic carbocycles. The van der Waals surface area contributed by atoms with E-state index in [1.54, 1.807) is 0 Å². The molecule has 0 spiro atoms. The molecule has 100 valence electrons. The monoisotopic (exact) mass is 274 g/mol. The lowest BCUT2D eigenvalue weighted by Crippen LogP contribution is -2.47. The molecular formula is C10H14N2O5S. The highest BCUT2D eigenvalue weighted by Crippen LogP contribution is 2.33. The second kappa shape index (κ2) is 5.29. The number of hydrogen-bond acceptors (Lipinski definition) is 7. The summed E-state index contributed by atoms with van der Waals surface area (Å²) in [7, 11) is 0. The first-order valence-electron chi connectivity index (χ1n) is 5.41. The molecule has 7 nitrogen and oxygen atoms in total. The van der Waals surface area contributed by atoms with Crippen LogP contribution in [0, 0.1) is 0 Å². The molecule has 0 aliphatic carbocycles. The molecule has 4 atom stereocenters. The molecule has 1 aromatic heterocycles. The zero-order valence-electron chi connectivity index (χ0n) is 9.39. The van der Waals surface area contributed by atoms with Crippen LogP contribution < -0.4 is 5.73 Å². The lowest BCUT2D eigenvalue weighted by atomic mass is 9.98. The molecular weight excluding hydrogens is 260 g/mol. The Hall–Kier alpha value is -1.06. The predicted molar refractivity (Wildman–Crippen MR) is 62.0 cm³/mol. The van der Waals surface area contributed by atoms with Crippen molar-refractivity contribution < 1.29 is 24.9 Å². The molecule has 0 saturated carbocycles. The molecule has 1 amide bonds. The van der Waals surface area contributed by atoms with Crippen LogP contribution in [0.1, 0.15) is 27.2 Å². The standard InChI is InChI=1S/C10H14N2O5S/c11-9(16)7-2-12-10(18-7)5-1-4(14)8(15)6(3-13)17-5/h2,4-6,8,13-15H,1,3H2,(H2,11,16)/t4-,5-,6-,8+/m1/s1. The van der Waals surface area contributed by atoms with Gasteiger partial charge in [0.2, 0.25) is 0 Å². The average molecular weight is 274 g/mol. The number of carbonyl (C=O) groups is 1. The number of aromatic nitrogens is 1. The number of aliphatic hydroxyl groups excluding tert-OH is 3. The van der Waals surface area contributed by atoms with Gasteiger partial charge in [-0.3, -0.25) is 4.79 Å². The van der Waals surface area contributed by atoms with Crippen molar-refractivity contribution in [3.63, 3.8) is 0 Å². The molecule has 0 bridgehead atoms. The quantitative estimate of drug-likeness (QED) is 0.547. The third kappa shape index (κ3) is 2.52. The molecule has 1 aliphatic rings. The Morgan fingerprint density at radius 3 is 2.89 bits per heavy atom. The molecule has 1 aromatic rings. The predicted octanol–water partition coefficient (Wildman–Crippen LogP) is -1.21. The fourth-order valence-electron chi connectivity index (χ4n) is 1.81. The molecule has 8 heteroatoms. The van der Waals surface area contributed by atoms with E-state index in [-0.39, 0.29) is 6.42 Å². The van der Waals surface area contributed by atoms with E-state index in [0.717, 1.165) is 11.3 Å². The number of aliphatic hydroxyl groups is 3. The fourth-order valence-corrected chi connectivity index (χ4v) is 2.63. The number of hydrogen-bond donors (Lipinski definition) is 4. The Balaban J connectivity index is 2.15. The first-order chi connectivity index (χ1) is 8.52. The number of nitrogens with zero attached hydrogens (tertiary/aromatic N) is 1. The third-order valence-corrected chi connectivity index (χ3v) is 3.90. The zero-order chi connectivity index (χ0) is 13.3. The van der Waals surface area contributed by atoms with Gasteiger partial charge in [-0.25, -0.2) is 4.98 Å². The van der Waals surface area contributed by atoms with E-state index < -0.39 is 36.9 Å². The second-order valence-corrected chi connectivity index (χ2v) is 5.13. The van der Waals surface area contributed by atoms with E-state index in [2.05, 4.69) is 4.98 Å². The lowest BCUT2D eigenvalue weighted by Gasteiger charge is -2.35. The largest absolute Gasteiger partial charge is 0.394 e. The Morgan fingerprint density at radius 2 is 2.33 bits per heavy atom. The SMILES string of the molecule is NC(=O)c1cnc([C@H]2C[C@@H](O)[C@H](O)[C@@H](CO)O2)s1. The number of thiazole rings is 1. The van der Waals surface area contributed by atoms with Crippen LogP contribution in [0.4, 0.5) is 0 Å². The Morgan fingerprint density at radius 1 is 1.61 bits per heavy atom. The summed E-state index contributed by atoms with van der Waals surface area (Å²) in [5.41, 5.74) is 5.12. The Bertz CT molecular complexity index is 438. The summed E-state index contributed by atoms with van der Waals surface area (Å²) in [5, 5.41) is 28.8. The topological polar surface area (TPSA) is 126 Å². The molecule has 5 N–H and O–H groups in total. The minimum Gasteiger partial charge on any atom is -0.394 e. The summed E-state index contributed by atoms with van der Waals surface area (Å²) in [4.78, 5) is 15.3. The number of ether oxygens (including phenoxy) is 1. The van der Waals surface area contributed by atoms with Gasteiger partial charge in [0.15, 0.2) is 0 Å². The fraction of sp³-hybridized carbons (Fsp3) is 0.600. The van der Waals surface area contributed by atoms with Gasteiger partial charge in [0.05, 0.1) is 18.9 Å². The van der Waals surface area contributed by atoms with Crippen LogP contribution in [0.5, 0.6) is 0 Å². The van der Waals surface area contributed by atoms with Gasteiger partial charge >= 0.3 is 0 Å². The summed E-state index contributed by atoms with van der Waals surface area (Å²) in [6.07, 6.45) is -2.04. The van der Waals surface area contributed by atoms with Crippen LogP contribution in [0.2, 0.25) is 0 Å². The van der Waals surface area contributed by atoms with Crippen molar-refractivity contribution in [3.8, 4) is 0 Å². The van der Waals surface area contributed by atoms with Crippen LogP contribution >= 0.6 is 11.3 Å². The van der Waals surface area contributed by atoms with Crippen molar-refractivity contribution in [1.29, 1.82) is 0 Å². The van der Waals surface area contributed by atoms with Crippen molar-refractivity contribution in [2.24, 2.45) is 5.73 Å². The first kappa shape index (κ1) is 13.4. The van der Waals surface area contributed by atoms with Gasteiger partial charge in [-0.1, -0.05) is 0 Å². The van der Waals surface area contributed by atoms with Crippen LogP contribution in [-0.4, -0.2) is 51.1 Å². The number of amides is 1. The van der Waals surface area contributed by atoms with Crippen LogP contribution in [0.25, 0.3) is 0 Å². The van der Waals surface area contributed by atoms with Crippen LogP contribution in [0.15, 0.2) is 6.20 Å². The van der Waals surface area contributed by atoms with Gasteiger partial charge in [-0.2, -0.15) is 0 Å². The maximum absolute atomic E-state index is 11.0. The van der Waals surface area contributed by atoms with Crippen molar-refractivity contribution in [2.45, 2.75) is 30.8 Å². The van der Waals surface area contributed by atoms with E-state index in [1.165, 1.54) is 6.20 Å². The van der Waals surface area contributed by atoms with Crippen LogP contribution in [0.3, 0.4) is 0 Å². The summed E-state index contributed by atoms with van der Waals surface area (Å²) >= 11 is 1.08. The molecule has 18 heavy (non-hydrogen) atoms. The number of carbonyl (C=O) groups excluding carboxylic acids is 1. The molecule has 0 unspecified atom stereocenters. The van der Waals surface area contributed by atoms with E-state index in [9.17, 15) is 15.0 Å². The van der Waals surface area contributed by atoms with Crippen molar-refractivity contribution in [2.75, 3.05) is 6.61 Å². The number of rotatable bonds is 3.